The number of amides is 1. The average Bonchev–Trinajstić information content (AvgIpc) is 3.20. The summed E-state index contributed by atoms with van der Waals surface area (Å²) < 4.78 is 22.2. The number of unbranched alkanes of at least 4 members (excludes halogenated alkanes) is 29. The first-order chi connectivity index (χ1) is 27.9. The van der Waals surface area contributed by atoms with Crippen molar-refractivity contribution in [3.8, 4) is 0 Å². The molecule has 1 amide bonds. The average molecular weight is 825 g/mol. The number of phosphoric acid groups is 1. The molecule has 0 saturated carbocycles. The van der Waals surface area contributed by atoms with E-state index in [2.05, 4.69) is 43.5 Å². The van der Waals surface area contributed by atoms with Crippen LogP contribution in [0.3, 0.4) is 0 Å². The number of carbonyl (C=O) groups is 1. The van der Waals surface area contributed by atoms with E-state index in [1.54, 1.807) is 6.08 Å². The first-order valence-corrected chi connectivity index (χ1v) is 25.6. The van der Waals surface area contributed by atoms with Gasteiger partial charge in [0.2, 0.25) is 5.91 Å². The second-order valence-electron chi connectivity index (χ2n) is 16.3. The Hall–Kier alpha value is -1.28. The molecule has 0 aliphatic carbocycles. The van der Waals surface area contributed by atoms with Crippen molar-refractivity contribution in [2.45, 2.75) is 244 Å². The summed E-state index contributed by atoms with van der Waals surface area (Å²) in [6.07, 6.45) is 53.5. The molecular weight excluding hydrogens is 732 g/mol. The number of allylic oxidation sites excluding steroid dienone is 5. The molecule has 0 rings (SSSR count). The summed E-state index contributed by atoms with van der Waals surface area (Å²) in [6, 6.07) is -0.881. The minimum atomic E-state index is -4.35. The molecular formula is C48H93N2O6P. The molecule has 0 aromatic rings. The number of nitrogens with two attached hydrogens (primary N) is 1. The summed E-state index contributed by atoms with van der Waals surface area (Å²) in [5.74, 6) is -0.205. The number of phosphoric ester groups is 1. The Morgan fingerprint density at radius 3 is 1.35 bits per heavy atom. The molecule has 0 spiro atoms. The Morgan fingerprint density at radius 2 is 0.930 bits per heavy atom. The molecule has 0 fully saturated rings. The van der Waals surface area contributed by atoms with Gasteiger partial charge in [-0.05, 0) is 44.9 Å². The van der Waals surface area contributed by atoms with Crippen molar-refractivity contribution in [2.75, 3.05) is 19.8 Å². The minimum absolute atomic E-state index is 0.0728. The van der Waals surface area contributed by atoms with Crippen molar-refractivity contribution in [1.82, 2.24) is 5.32 Å². The van der Waals surface area contributed by atoms with Crippen LogP contribution in [-0.2, 0) is 18.4 Å². The van der Waals surface area contributed by atoms with Gasteiger partial charge in [0.15, 0.2) is 0 Å². The van der Waals surface area contributed by atoms with E-state index >= 15 is 0 Å². The van der Waals surface area contributed by atoms with Gasteiger partial charge in [-0.3, -0.25) is 13.8 Å². The van der Waals surface area contributed by atoms with Crippen LogP contribution in [0.2, 0.25) is 0 Å². The molecule has 0 bridgehead atoms. The van der Waals surface area contributed by atoms with Crippen LogP contribution in [0.1, 0.15) is 232 Å². The number of hydrogen-bond acceptors (Lipinski definition) is 6. The lowest BCUT2D eigenvalue weighted by atomic mass is 10.0. The van der Waals surface area contributed by atoms with Crippen LogP contribution in [0.4, 0.5) is 0 Å². The van der Waals surface area contributed by atoms with Crippen molar-refractivity contribution < 1.29 is 28.4 Å². The largest absolute Gasteiger partial charge is 0.472 e. The van der Waals surface area contributed by atoms with Gasteiger partial charge >= 0.3 is 7.82 Å². The van der Waals surface area contributed by atoms with Gasteiger partial charge in [0.1, 0.15) is 0 Å². The second kappa shape index (κ2) is 44.3. The number of hydrogen-bond donors (Lipinski definition) is 4. The smallest absolute Gasteiger partial charge is 0.387 e. The summed E-state index contributed by atoms with van der Waals surface area (Å²) in [6.45, 7) is 4.12. The van der Waals surface area contributed by atoms with Crippen molar-refractivity contribution in [3.63, 3.8) is 0 Å². The molecule has 3 unspecified atom stereocenters. The summed E-state index contributed by atoms with van der Waals surface area (Å²) in [5.41, 5.74) is 5.38. The monoisotopic (exact) mass is 825 g/mol. The van der Waals surface area contributed by atoms with Gasteiger partial charge in [0, 0.05) is 13.0 Å². The van der Waals surface area contributed by atoms with Crippen molar-refractivity contribution in [2.24, 2.45) is 5.73 Å². The fourth-order valence-electron chi connectivity index (χ4n) is 7.05. The highest BCUT2D eigenvalue weighted by atomic mass is 31.2. The molecule has 0 aromatic carbocycles. The Kier molecular flexibility index (Phi) is 43.3. The number of nitrogens with one attached hydrogen (secondary N) is 1. The molecule has 0 radical (unpaired) electrons. The van der Waals surface area contributed by atoms with Crippen LogP contribution in [0, 0.1) is 0 Å². The van der Waals surface area contributed by atoms with Gasteiger partial charge in [-0.1, -0.05) is 217 Å². The first kappa shape index (κ1) is 55.7. The number of aliphatic hydroxyl groups is 1. The Labute approximate surface area is 352 Å². The summed E-state index contributed by atoms with van der Waals surface area (Å²) >= 11 is 0. The first-order valence-electron chi connectivity index (χ1n) is 24.1. The predicted octanol–water partition coefficient (Wildman–Crippen LogP) is 13.9. The fraction of sp³-hybridized carbons (Fsp3) is 0.854. The van der Waals surface area contributed by atoms with Crippen LogP contribution in [0.25, 0.3) is 0 Å². The van der Waals surface area contributed by atoms with E-state index in [0.717, 1.165) is 44.9 Å². The second-order valence-corrected chi connectivity index (χ2v) is 17.8. The molecule has 0 heterocycles. The molecule has 3 atom stereocenters. The molecule has 8 nitrogen and oxygen atoms in total. The third kappa shape index (κ3) is 42.6. The third-order valence-electron chi connectivity index (χ3n) is 10.7. The summed E-state index contributed by atoms with van der Waals surface area (Å²) in [5, 5.41) is 13.7. The Bertz CT molecular complexity index is 990. The zero-order valence-electron chi connectivity index (χ0n) is 37.3. The lowest BCUT2D eigenvalue weighted by Gasteiger charge is -2.23. The van der Waals surface area contributed by atoms with Gasteiger partial charge in [-0.2, -0.15) is 0 Å². The Balaban J connectivity index is 4.17. The molecule has 0 saturated heterocycles. The predicted molar refractivity (Wildman–Crippen MR) is 244 cm³/mol. The van der Waals surface area contributed by atoms with Crippen molar-refractivity contribution >= 4 is 13.7 Å². The van der Waals surface area contributed by atoms with Crippen LogP contribution in [0.15, 0.2) is 36.5 Å². The zero-order valence-corrected chi connectivity index (χ0v) is 38.2. The number of carbonyl (C=O) groups excluding carboxylic acids is 1. The van der Waals surface area contributed by atoms with E-state index < -0.39 is 20.0 Å². The highest BCUT2D eigenvalue weighted by Crippen LogP contribution is 2.43. The van der Waals surface area contributed by atoms with Gasteiger partial charge < -0.3 is 21.1 Å². The third-order valence-corrected chi connectivity index (χ3v) is 11.7. The number of aliphatic hydroxyl groups excluding tert-OH is 1. The molecule has 9 heteroatoms. The molecule has 0 aliphatic rings. The van der Waals surface area contributed by atoms with Gasteiger partial charge in [0.25, 0.3) is 0 Å². The quantitative estimate of drug-likeness (QED) is 0.0273. The molecule has 336 valence electrons. The SMILES string of the molecule is CCCCCCCCC/C=C/CC/C=C/CC/C=C/C(O)C(COP(=O)(O)OCCN)NC(=O)CCCCCCCCCCCCCCCCCCCCCCC. The van der Waals surface area contributed by atoms with E-state index in [0.29, 0.717) is 6.42 Å². The molecule has 0 aromatic heterocycles. The van der Waals surface area contributed by atoms with Crippen LogP contribution < -0.4 is 11.1 Å². The minimum Gasteiger partial charge on any atom is -0.387 e. The molecule has 57 heavy (non-hydrogen) atoms. The summed E-state index contributed by atoms with van der Waals surface area (Å²) in [4.78, 5) is 22.8. The molecule has 0 aliphatic heterocycles. The highest BCUT2D eigenvalue weighted by molar-refractivity contribution is 7.47. The maximum Gasteiger partial charge on any atom is 0.472 e. The van der Waals surface area contributed by atoms with Crippen LogP contribution in [0.5, 0.6) is 0 Å². The van der Waals surface area contributed by atoms with Gasteiger partial charge in [-0.25, -0.2) is 4.57 Å². The van der Waals surface area contributed by atoms with E-state index in [4.69, 9.17) is 14.8 Å². The van der Waals surface area contributed by atoms with E-state index in [1.165, 1.54) is 167 Å². The summed E-state index contributed by atoms with van der Waals surface area (Å²) in [7, 11) is -4.35. The topological polar surface area (TPSA) is 131 Å². The van der Waals surface area contributed by atoms with Crippen molar-refractivity contribution in [3.05, 3.63) is 36.5 Å². The highest BCUT2D eigenvalue weighted by Gasteiger charge is 2.26. The van der Waals surface area contributed by atoms with E-state index in [-0.39, 0.29) is 25.7 Å². The maximum atomic E-state index is 12.8. The fourth-order valence-corrected chi connectivity index (χ4v) is 7.81. The van der Waals surface area contributed by atoms with Gasteiger partial charge in [0.05, 0.1) is 25.4 Å². The molecule has 5 N–H and O–H groups in total. The van der Waals surface area contributed by atoms with Gasteiger partial charge in [-0.15, -0.1) is 0 Å². The standard InChI is InChI=1S/C48H93N2O6P/c1-3-5-7-9-11-13-15-17-19-21-22-23-24-26-28-30-32-34-36-38-40-42-48(52)50-46(45-56-57(53,54)55-44-43-49)47(51)41-39-37-35-33-31-29-27-25-20-18-16-14-12-10-8-6-4-2/h20,25,31,33,39,41,46-47,51H,3-19,21-24,26-30,32,34-38,40,42-45,49H2,1-2H3,(H,50,52)(H,53,54)/b25-20+,33-31+,41-39+. The van der Waals surface area contributed by atoms with Crippen LogP contribution >= 0.6 is 7.82 Å². The van der Waals surface area contributed by atoms with Crippen molar-refractivity contribution in [1.29, 1.82) is 0 Å². The maximum absolute atomic E-state index is 12.8. The van der Waals surface area contributed by atoms with E-state index in [9.17, 15) is 19.4 Å². The normalized spacial score (nSPS) is 14.3. The van der Waals surface area contributed by atoms with Crippen LogP contribution in [-0.4, -0.2) is 47.8 Å². The lowest BCUT2D eigenvalue weighted by molar-refractivity contribution is -0.123. The number of rotatable bonds is 45. The zero-order chi connectivity index (χ0) is 41.8. The lowest BCUT2D eigenvalue weighted by Crippen LogP contribution is -2.45. The Morgan fingerprint density at radius 1 is 0.561 bits per heavy atom. The van der Waals surface area contributed by atoms with E-state index in [1.807, 2.05) is 6.08 Å².